The van der Waals surface area contributed by atoms with E-state index in [-0.39, 0.29) is 45.1 Å². The molecule has 0 aliphatic rings. The highest BCUT2D eigenvalue weighted by Gasteiger charge is 2.35. The molecule has 12 heteroatoms. The molecular weight excluding hydrogens is 447 g/mol. The monoisotopic (exact) mass is 463 g/mol. The van der Waals surface area contributed by atoms with E-state index in [0.717, 1.165) is 11.8 Å². The molecule has 0 aliphatic heterocycles. The summed E-state index contributed by atoms with van der Waals surface area (Å²) in [5.74, 6) is -1.24. The van der Waals surface area contributed by atoms with Crippen LogP contribution < -0.4 is 11.1 Å². The summed E-state index contributed by atoms with van der Waals surface area (Å²) in [5, 5.41) is 6.96. The summed E-state index contributed by atoms with van der Waals surface area (Å²) in [5.41, 5.74) is 5.13. The minimum atomic E-state index is -4.72. The standard InChI is InChI=1S/C20H16F3N5O3S/c1-10-4-6-28(27-10)7-5-14(29)26-16-15-11(12-3-2-8-31-12)9-13(20(21,22)23)25-19(15)32-17(16)18(24)30/h2-4,6,8-9H,5,7H2,1H3,(H2,24,30)(H,26,29). The van der Waals surface area contributed by atoms with Gasteiger partial charge in [0.25, 0.3) is 5.91 Å². The third-order valence-corrected chi connectivity index (χ3v) is 5.67. The molecule has 0 saturated heterocycles. The summed E-state index contributed by atoms with van der Waals surface area (Å²) < 4.78 is 47.1. The molecule has 4 heterocycles. The molecule has 0 radical (unpaired) electrons. The Kier molecular flexibility index (Phi) is 5.46. The van der Waals surface area contributed by atoms with E-state index in [1.165, 1.54) is 18.4 Å². The predicted octanol–water partition coefficient (Wildman–Crippen LogP) is 4.21. The van der Waals surface area contributed by atoms with Crippen molar-refractivity contribution in [2.24, 2.45) is 5.73 Å². The number of carbonyl (C=O) groups is 2. The van der Waals surface area contributed by atoms with Gasteiger partial charge in [0.1, 0.15) is 21.2 Å². The molecule has 2 amide bonds. The lowest BCUT2D eigenvalue weighted by molar-refractivity contribution is -0.140. The fourth-order valence-electron chi connectivity index (χ4n) is 3.17. The average Bonchev–Trinajstić information content (AvgIpc) is 3.45. The van der Waals surface area contributed by atoms with E-state index in [1.807, 2.05) is 6.92 Å². The maximum absolute atomic E-state index is 13.4. The van der Waals surface area contributed by atoms with Gasteiger partial charge in [-0.15, -0.1) is 11.3 Å². The number of nitrogens with two attached hydrogens (primary N) is 1. The Labute approximate surface area is 182 Å². The van der Waals surface area contributed by atoms with Crippen LogP contribution in [0.3, 0.4) is 0 Å². The number of hydrogen-bond donors (Lipinski definition) is 2. The average molecular weight is 463 g/mol. The van der Waals surface area contributed by atoms with Crippen molar-refractivity contribution < 1.29 is 27.2 Å². The Balaban J connectivity index is 1.79. The number of amides is 2. The van der Waals surface area contributed by atoms with Crippen LogP contribution in [0.25, 0.3) is 21.5 Å². The van der Waals surface area contributed by atoms with Crippen molar-refractivity contribution in [3.8, 4) is 11.3 Å². The van der Waals surface area contributed by atoms with Crippen LogP contribution in [0.5, 0.6) is 0 Å². The molecule has 0 spiro atoms. The summed E-state index contributed by atoms with van der Waals surface area (Å²) in [6, 6.07) is 5.60. The van der Waals surface area contributed by atoms with E-state index in [9.17, 15) is 22.8 Å². The highest BCUT2D eigenvalue weighted by molar-refractivity contribution is 7.21. The topological polar surface area (TPSA) is 116 Å². The number of thiophene rings is 1. The lowest BCUT2D eigenvalue weighted by Gasteiger charge is -2.11. The van der Waals surface area contributed by atoms with Crippen molar-refractivity contribution in [3.63, 3.8) is 0 Å². The molecule has 0 atom stereocenters. The molecule has 4 aromatic rings. The zero-order chi connectivity index (χ0) is 23.0. The molecule has 166 valence electrons. The molecule has 0 aliphatic carbocycles. The first kappa shape index (κ1) is 21.6. The molecular formula is C20H16F3N5O3S. The van der Waals surface area contributed by atoms with E-state index in [2.05, 4.69) is 15.4 Å². The van der Waals surface area contributed by atoms with Crippen molar-refractivity contribution in [3.05, 3.63) is 53.0 Å². The summed E-state index contributed by atoms with van der Waals surface area (Å²) in [6.45, 7) is 2.08. The van der Waals surface area contributed by atoms with Gasteiger partial charge in [-0.3, -0.25) is 14.3 Å². The fourth-order valence-corrected chi connectivity index (χ4v) is 4.18. The lowest BCUT2D eigenvalue weighted by atomic mass is 10.1. The number of primary amides is 1. The number of aryl methyl sites for hydroxylation is 2. The molecule has 0 bridgehead atoms. The van der Waals surface area contributed by atoms with E-state index >= 15 is 0 Å². The van der Waals surface area contributed by atoms with Crippen molar-refractivity contribution >= 4 is 39.1 Å². The van der Waals surface area contributed by atoms with Crippen molar-refractivity contribution in [1.82, 2.24) is 14.8 Å². The van der Waals surface area contributed by atoms with Crippen molar-refractivity contribution in [1.29, 1.82) is 0 Å². The molecule has 0 fully saturated rings. The van der Waals surface area contributed by atoms with E-state index in [1.54, 1.807) is 16.9 Å². The molecule has 8 nitrogen and oxygen atoms in total. The van der Waals surface area contributed by atoms with Crippen LogP contribution in [0.2, 0.25) is 0 Å². The molecule has 0 unspecified atom stereocenters. The van der Waals surface area contributed by atoms with Crippen molar-refractivity contribution in [2.45, 2.75) is 26.1 Å². The predicted molar refractivity (Wildman–Crippen MR) is 111 cm³/mol. The highest BCUT2D eigenvalue weighted by atomic mass is 32.1. The maximum atomic E-state index is 13.4. The number of pyridine rings is 1. The number of furan rings is 1. The maximum Gasteiger partial charge on any atom is 0.433 e. The molecule has 4 aromatic heterocycles. The van der Waals surface area contributed by atoms with Crippen LogP contribution in [0.15, 0.2) is 41.1 Å². The van der Waals surface area contributed by atoms with Crippen LogP contribution in [-0.4, -0.2) is 26.6 Å². The second kappa shape index (κ2) is 8.11. The minimum Gasteiger partial charge on any atom is -0.464 e. The van der Waals surface area contributed by atoms with Crippen LogP contribution in [0, 0.1) is 6.92 Å². The largest absolute Gasteiger partial charge is 0.464 e. The first-order valence-corrected chi connectivity index (χ1v) is 10.1. The summed E-state index contributed by atoms with van der Waals surface area (Å²) in [4.78, 5) is 28.1. The summed E-state index contributed by atoms with van der Waals surface area (Å²) >= 11 is 0.674. The Morgan fingerprint density at radius 2 is 2.09 bits per heavy atom. The van der Waals surface area contributed by atoms with E-state index < -0.39 is 23.7 Å². The smallest absolute Gasteiger partial charge is 0.433 e. The van der Waals surface area contributed by atoms with Gasteiger partial charge in [-0.25, -0.2) is 4.98 Å². The van der Waals surface area contributed by atoms with Gasteiger partial charge in [-0.05, 0) is 31.2 Å². The first-order valence-electron chi connectivity index (χ1n) is 9.32. The molecule has 0 saturated carbocycles. The Morgan fingerprint density at radius 1 is 1.31 bits per heavy atom. The number of nitrogens with zero attached hydrogens (tertiary/aromatic N) is 3. The third kappa shape index (κ3) is 4.21. The lowest BCUT2D eigenvalue weighted by Crippen LogP contribution is -2.18. The Morgan fingerprint density at radius 3 is 2.69 bits per heavy atom. The normalized spacial score (nSPS) is 11.8. The minimum absolute atomic E-state index is 0.00627. The number of rotatable bonds is 6. The van der Waals surface area contributed by atoms with Gasteiger partial charge in [-0.2, -0.15) is 18.3 Å². The zero-order valence-electron chi connectivity index (χ0n) is 16.6. The number of carbonyl (C=O) groups excluding carboxylic acids is 2. The van der Waals surface area contributed by atoms with E-state index in [0.29, 0.717) is 11.3 Å². The Hall–Kier alpha value is -3.67. The number of anilines is 1. The van der Waals surface area contributed by atoms with Gasteiger partial charge >= 0.3 is 6.18 Å². The number of nitrogens with one attached hydrogen (secondary N) is 1. The summed E-state index contributed by atoms with van der Waals surface area (Å²) in [6.07, 6.45) is -1.69. The van der Waals surface area contributed by atoms with Crippen molar-refractivity contribution in [2.75, 3.05) is 5.32 Å². The number of alkyl halides is 3. The van der Waals surface area contributed by atoms with Gasteiger partial charge in [0.15, 0.2) is 0 Å². The zero-order valence-corrected chi connectivity index (χ0v) is 17.4. The van der Waals surface area contributed by atoms with Gasteiger partial charge in [0.05, 0.1) is 17.6 Å². The first-order chi connectivity index (χ1) is 15.1. The summed E-state index contributed by atoms with van der Waals surface area (Å²) in [7, 11) is 0. The van der Waals surface area contributed by atoms with Gasteiger partial charge in [0.2, 0.25) is 5.91 Å². The molecule has 4 rings (SSSR count). The van der Waals surface area contributed by atoms with E-state index in [4.69, 9.17) is 10.2 Å². The quantitative estimate of drug-likeness (QED) is 0.444. The Bertz CT molecular complexity index is 1310. The second-order valence-electron chi connectivity index (χ2n) is 6.90. The highest BCUT2D eigenvalue weighted by Crippen LogP contribution is 2.43. The number of halogens is 3. The van der Waals surface area contributed by atoms with Gasteiger partial charge in [-0.1, -0.05) is 0 Å². The van der Waals surface area contributed by atoms with Crippen LogP contribution in [0.4, 0.5) is 18.9 Å². The SMILES string of the molecule is Cc1ccn(CCC(=O)Nc2c(C(N)=O)sc3nc(C(F)(F)F)cc(-c4ccco4)c23)n1. The van der Waals surface area contributed by atoms with Gasteiger partial charge < -0.3 is 15.5 Å². The van der Waals surface area contributed by atoms with Crippen LogP contribution in [-0.2, 0) is 17.5 Å². The fraction of sp³-hybridized carbons (Fsp3) is 0.200. The molecule has 32 heavy (non-hydrogen) atoms. The second-order valence-corrected chi connectivity index (χ2v) is 7.90. The van der Waals surface area contributed by atoms with Crippen LogP contribution >= 0.6 is 11.3 Å². The number of aromatic nitrogens is 3. The third-order valence-electron chi connectivity index (χ3n) is 4.57. The van der Waals surface area contributed by atoms with Crippen LogP contribution in [0.1, 0.15) is 27.5 Å². The van der Waals surface area contributed by atoms with Gasteiger partial charge in [0, 0.05) is 30.1 Å². The molecule has 0 aromatic carbocycles. The molecule has 3 N–H and O–H groups in total. The number of fused-ring (bicyclic) bond motifs is 1. The number of hydrogen-bond acceptors (Lipinski definition) is 6.